The van der Waals surface area contributed by atoms with E-state index in [2.05, 4.69) is 82.8 Å². The number of nitrogens with one attached hydrogen (secondary N) is 2. The molecule has 0 saturated carbocycles. The highest BCUT2D eigenvalue weighted by molar-refractivity contribution is 6.05. The minimum atomic E-state index is 0.134. The van der Waals surface area contributed by atoms with Crippen LogP contribution in [0.5, 0.6) is 0 Å². The standard InChI is InChI=1S/C26H36N4O2/c1-5-27-25-17-21(29(3)11-13-31)7-9-23(25)19-15-20(16-19)24-10-8-22(30(4)12-14-32)18-26(24)28-6-2/h7-10,15-18,27-28,31-32H,5-6,11-14H2,1-4H3. The van der Waals surface area contributed by atoms with E-state index in [1.807, 2.05) is 14.1 Å². The smallest absolute Gasteiger partial charge is 0.0606 e. The van der Waals surface area contributed by atoms with Gasteiger partial charge in [-0.1, -0.05) is 12.1 Å². The van der Waals surface area contributed by atoms with Crippen molar-refractivity contribution >= 4 is 33.9 Å². The van der Waals surface area contributed by atoms with Crippen LogP contribution in [0.2, 0.25) is 0 Å². The van der Waals surface area contributed by atoms with Crippen molar-refractivity contribution < 1.29 is 10.2 Å². The van der Waals surface area contributed by atoms with Crippen molar-refractivity contribution in [3.63, 3.8) is 0 Å². The van der Waals surface area contributed by atoms with Gasteiger partial charge in [0.25, 0.3) is 0 Å². The molecule has 0 spiro atoms. The minimum Gasteiger partial charge on any atom is -0.395 e. The van der Waals surface area contributed by atoms with E-state index in [1.165, 1.54) is 22.3 Å². The first-order valence-electron chi connectivity index (χ1n) is 11.4. The molecule has 6 heteroatoms. The predicted octanol–water partition coefficient (Wildman–Crippen LogP) is 3.89. The summed E-state index contributed by atoms with van der Waals surface area (Å²) < 4.78 is 0. The Morgan fingerprint density at radius 3 is 1.44 bits per heavy atom. The number of rotatable bonds is 12. The van der Waals surface area contributed by atoms with Gasteiger partial charge in [0.15, 0.2) is 0 Å². The highest BCUT2D eigenvalue weighted by Crippen LogP contribution is 2.41. The second-order valence-corrected chi connectivity index (χ2v) is 8.01. The minimum absolute atomic E-state index is 0.134. The van der Waals surface area contributed by atoms with Crippen LogP contribution in [0.3, 0.4) is 0 Å². The second-order valence-electron chi connectivity index (χ2n) is 8.01. The second kappa shape index (κ2) is 11.1. The first kappa shape index (κ1) is 23.7. The molecule has 3 rings (SSSR count). The summed E-state index contributed by atoms with van der Waals surface area (Å²) in [6.45, 7) is 7.37. The van der Waals surface area contributed by atoms with Gasteiger partial charge < -0.3 is 30.6 Å². The Hall–Kier alpha value is -2.96. The fourth-order valence-electron chi connectivity index (χ4n) is 3.91. The maximum absolute atomic E-state index is 9.24. The molecule has 2 aromatic rings. The van der Waals surface area contributed by atoms with Gasteiger partial charge in [-0.3, -0.25) is 0 Å². The van der Waals surface area contributed by atoms with Gasteiger partial charge in [-0.25, -0.2) is 0 Å². The van der Waals surface area contributed by atoms with Gasteiger partial charge in [-0.15, -0.1) is 0 Å². The highest BCUT2D eigenvalue weighted by Gasteiger charge is 2.18. The van der Waals surface area contributed by atoms with Gasteiger partial charge in [-0.05, 0) is 61.4 Å². The first-order valence-corrected chi connectivity index (χ1v) is 11.4. The average molecular weight is 437 g/mol. The summed E-state index contributed by atoms with van der Waals surface area (Å²) in [5.74, 6) is 0. The molecule has 4 N–H and O–H groups in total. The number of likely N-dealkylation sites (N-methyl/N-ethyl adjacent to an activating group) is 2. The van der Waals surface area contributed by atoms with E-state index >= 15 is 0 Å². The Morgan fingerprint density at radius 1 is 0.688 bits per heavy atom. The Balaban J connectivity index is 1.85. The number of aliphatic hydroxyl groups excluding tert-OH is 2. The summed E-state index contributed by atoms with van der Waals surface area (Å²) in [4.78, 5) is 4.11. The van der Waals surface area contributed by atoms with E-state index in [0.29, 0.717) is 13.1 Å². The average Bonchev–Trinajstić information content (AvgIpc) is 2.75. The summed E-state index contributed by atoms with van der Waals surface area (Å²) >= 11 is 0. The molecule has 0 heterocycles. The molecule has 172 valence electrons. The zero-order chi connectivity index (χ0) is 23.1. The molecule has 2 aromatic carbocycles. The van der Waals surface area contributed by atoms with Crippen LogP contribution in [0.25, 0.3) is 11.1 Å². The predicted molar refractivity (Wildman–Crippen MR) is 138 cm³/mol. The van der Waals surface area contributed by atoms with Crippen LogP contribution in [-0.4, -0.2) is 63.7 Å². The van der Waals surface area contributed by atoms with Crippen LogP contribution in [0.1, 0.15) is 25.0 Å². The van der Waals surface area contributed by atoms with E-state index in [9.17, 15) is 10.2 Å². The van der Waals surface area contributed by atoms with Crippen molar-refractivity contribution in [3.05, 3.63) is 59.7 Å². The molecule has 6 nitrogen and oxygen atoms in total. The quantitative estimate of drug-likeness (QED) is 0.405. The largest absolute Gasteiger partial charge is 0.395 e. The van der Waals surface area contributed by atoms with Gasteiger partial charge in [0.1, 0.15) is 0 Å². The number of benzene rings is 2. The van der Waals surface area contributed by atoms with E-state index < -0.39 is 0 Å². The third kappa shape index (κ3) is 5.26. The SMILES string of the molecule is CCNc1cc(N(C)CCO)ccc1C1=CC(c2ccc(N(C)CCO)cc2NCC)=C1. The molecule has 32 heavy (non-hydrogen) atoms. The molecule has 0 aliphatic heterocycles. The monoisotopic (exact) mass is 436 g/mol. The van der Waals surface area contributed by atoms with Gasteiger partial charge in [0.2, 0.25) is 0 Å². The van der Waals surface area contributed by atoms with Gasteiger partial charge in [-0.2, -0.15) is 0 Å². The van der Waals surface area contributed by atoms with E-state index in [4.69, 9.17) is 0 Å². The molecular formula is C26H36N4O2. The molecule has 1 aliphatic rings. The molecule has 1 aliphatic carbocycles. The Morgan fingerprint density at radius 2 is 1.09 bits per heavy atom. The van der Waals surface area contributed by atoms with Crippen molar-refractivity contribution in [2.75, 3.05) is 73.9 Å². The van der Waals surface area contributed by atoms with E-state index in [1.54, 1.807) is 0 Å². The summed E-state index contributed by atoms with van der Waals surface area (Å²) in [7, 11) is 3.98. The lowest BCUT2D eigenvalue weighted by Crippen LogP contribution is -2.21. The lowest BCUT2D eigenvalue weighted by molar-refractivity contribution is 0.304. The first-order chi connectivity index (χ1) is 15.5. The molecule has 0 unspecified atom stereocenters. The number of nitrogens with zero attached hydrogens (tertiary/aromatic N) is 2. The summed E-state index contributed by atoms with van der Waals surface area (Å²) in [5, 5.41) is 25.4. The molecule has 0 saturated heterocycles. The molecule has 0 aromatic heterocycles. The van der Waals surface area contributed by atoms with Gasteiger partial charge in [0.05, 0.1) is 13.2 Å². The molecule has 0 amide bonds. The maximum atomic E-state index is 9.24. The number of allylic oxidation sites excluding steroid dienone is 4. The lowest BCUT2D eigenvalue weighted by Gasteiger charge is -2.25. The van der Waals surface area contributed by atoms with Crippen molar-refractivity contribution in [1.82, 2.24) is 0 Å². The van der Waals surface area contributed by atoms with Crippen LogP contribution in [-0.2, 0) is 0 Å². The van der Waals surface area contributed by atoms with Crippen LogP contribution < -0.4 is 20.4 Å². The van der Waals surface area contributed by atoms with Crippen LogP contribution >= 0.6 is 0 Å². The summed E-state index contributed by atoms with van der Waals surface area (Å²) in [6.07, 6.45) is 4.47. The molecule has 0 atom stereocenters. The zero-order valence-corrected chi connectivity index (χ0v) is 19.7. The summed E-state index contributed by atoms with van der Waals surface area (Å²) in [6, 6.07) is 12.8. The lowest BCUT2D eigenvalue weighted by atomic mass is 9.87. The molecule has 0 fully saturated rings. The van der Waals surface area contributed by atoms with Crippen molar-refractivity contribution in [3.8, 4) is 0 Å². The number of aliphatic hydroxyl groups is 2. The maximum Gasteiger partial charge on any atom is 0.0606 e. The third-order valence-corrected chi connectivity index (χ3v) is 5.74. The van der Waals surface area contributed by atoms with Crippen LogP contribution in [0, 0.1) is 0 Å². The van der Waals surface area contributed by atoms with E-state index in [0.717, 1.165) is 35.8 Å². The van der Waals surface area contributed by atoms with Crippen LogP contribution in [0.15, 0.2) is 48.6 Å². The zero-order valence-electron chi connectivity index (χ0n) is 19.7. The number of hydrogen-bond donors (Lipinski definition) is 4. The number of anilines is 4. The Labute approximate surface area is 191 Å². The van der Waals surface area contributed by atoms with Crippen molar-refractivity contribution in [1.29, 1.82) is 0 Å². The number of hydrogen-bond acceptors (Lipinski definition) is 6. The van der Waals surface area contributed by atoms with Crippen molar-refractivity contribution in [2.45, 2.75) is 13.8 Å². The molecular weight excluding hydrogens is 400 g/mol. The third-order valence-electron chi connectivity index (χ3n) is 5.74. The normalized spacial score (nSPS) is 12.6. The Bertz CT molecular complexity index is 899. The topological polar surface area (TPSA) is 71.0 Å². The van der Waals surface area contributed by atoms with Crippen LogP contribution in [0.4, 0.5) is 22.7 Å². The Kier molecular flexibility index (Phi) is 8.20. The summed E-state index contributed by atoms with van der Waals surface area (Å²) in [5.41, 5.74) is 9.14. The van der Waals surface area contributed by atoms with Crippen molar-refractivity contribution in [2.24, 2.45) is 0 Å². The molecule has 0 bridgehead atoms. The highest BCUT2D eigenvalue weighted by atomic mass is 16.3. The van der Waals surface area contributed by atoms with E-state index in [-0.39, 0.29) is 13.2 Å². The molecule has 0 radical (unpaired) electrons. The van der Waals surface area contributed by atoms with Gasteiger partial charge in [0, 0.05) is 74.2 Å². The fourth-order valence-corrected chi connectivity index (χ4v) is 3.91. The fraction of sp³-hybridized carbons (Fsp3) is 0.385. The van der Waals surface area contributed by atoms with Gasteiger partial charge >= 0.3 is 0 Å².